The van der Waals surface area contributed by atoms with Gasteiger partial charge in [-0.25, -0.2) is 9.69 Å². The van der Waals surface area contributed by atoms with Crippen LogP contribution in [0.15, 0.2) is 36.4 Å². The molecule has 3 aliphatic carbocycles. The lowest BCUT2D eigenvalue weighted by Crippen LogP contribution is -2.38. The van der Waals surface area contributed by atoms with Crippen molar-refractivity contribution in [2.45, 2.75) is 32.8 Å². The highest BCUT2D eigenvalue weighted by atomic mass is 16.5. The summed E-state index contributed by atoms with van der Waals surface area (Å²) >= 11 is 0. The smallest absolute Gasteiger partial charge is 0.340 e. The standard InChI is InChI=1S/C20H21NO4/c1-11(2)25-20(24)14-5-3-4-6-15(14)21-18(22)16-12-7-8-13(10-9-12)17(16)19(21)23/h3-8,11-13,16-17H,9-10H2,1-2H3/t12-,13-,16+,17+/m0/s1. The number of allylic oxidation sites excluding steroid dienone is 2. The number of para-hydroxylation sites is 1. The van der Waals surface area contributed by atoms with Gasteiger partial charge in [0.1, 0.15) is 0 Å². The van der Waals surface area contributed by atoms with E-state index in [1.54, 1.807) is 38.1 Å². The number of anilines is 1. The largest absolute Gasteiger partial charge is 0.459 e. The van der Waals surface area contributed by atoms with E-state index in [4.69, 9.17) is 4.74 Å². The van der Waals surface area contributed by atoms with Crippen molar-refractivity contribution in [3.8, 4) is 0 Å². The van der Waals surface area contributed by atoms with Gasteiger partial charge < -0.3 is 4.74 Å². The summed E-state index contributed by atoms with van der Waals surface area (Å²) in [4.78, 5) is 39.8. The zero-order chi connectivity index (χ0) is 17.7. The molecule has 1 saturated heterocycles. The third kappa shape index (κ3) is 2.41. The first kappa shape index (κ1) is 16.1. The number of hydrogen-bond acceptors (Lipinski definition) is 4. The van der Waals surface area contributed by atoms with Gasteiger partial charge in [-0.15, -0.1) is 0 Å². The van der Waals surface area contributed by atoms with Gasteiger partial charge >= 0.3 is 5.97 Å². The second-order valence-corrected chi connectivity index (χ2v) is 7.32. The Kier molecular flexibility index (Phi) is 3.74. The van der Waals surface area contributed by atoms with E-state index >= 15 is 0 Å². The monoisotopic (exact) mass is 339 g/mol. The molecular formula is C20H21NO4. The molecule has 0 unspecified atom stereocenters. The fourth-order valence-electron chi connectivity index (χ4n) is 4.43. The van der Waals surface area contributed by atoms with E-state index in [9.17, 15) is 14.4 Å². The number of imide groups is 1. The van der Waals surface area contributed by atoms with Crippen molar-refractivity contribution in [2.24, 2.45) is 23.7 Å². The summed E-state index contributed by atoms with van der Waals surface area (Å²) in [6, 6.07) is 6.70. The quantitative estimate of drug-likeness (QED) is 0.482. The van der Waals surface area contributed by atoms with E-state index in [0.29, 0.717) is 5.69 Å². The van der Waals surface area contributed by atoms with Crippen molar-refractivity contribution in [1.29, 1.82) is 0 Å². The third-order valence-corrected chi connectivity index (χ3v) is 5.47. The van der Waals surface area contributed by atoms with Crippen LogP contribution in [0.25, 0.3) is 0 Å². The molecule has 0 radical (unpaired) electrons. The van der Waals surface area contributed by atoms with Gasteiger partial charge in [-0.3, -0.25) is 9.59 Å². The number of rotatable bonds is 3. The molecule has 2 bridgehead atoms. The number of carbonyl (C=O) groups is 3. The zero-order valence-electron chi connectivity index (χ0n) is 14.3. The van der Waals surface area contributed by atoms with Crippen LogP contribution in [0.4, 0.5) is 5.69 Å². The molecule has 0 spiro atoms. The minimum atomic E-state index is -0.512. The van der Waals surface area contributed by atoms with Crippen LogP contribution in [0, 0.1) is 23.7 Å². The van der Waals surface area contributed by atoms with E-state index in [2.05, 4.69) is 12.2 Å². The van der Waals surface area contributed by atoms with E-state index in [1.165, 1.54) is 4.90 Å². The predicted molar refractivity (Wildman–Crippen MR) is 91.8 cm³/mol. The second kappa shape index (κ2) is 5.83. The molecule has 0 aromatic heterocycles. The van der Waals surface area contributed by atoms with Crippen molar-refractivity contribution >= 4 is 23.5 Å². The molecule has 1 heterocycles. The Hall–Kier alpha value is -2.43. The molecular weight excluding hydrogens is 318 g/mol. The number of benzene rings is 1. The Morgan fingerprint density at radius 3 is 2.12 bits per heavy atom. The summed E-state index contributed by atoms with van der Waals surface area (Å²) in [5.41, 5.74) is 0.605. The van der Waals surface area contributed by atoms with Crippen LogP contribution in [-0.2, 0) is 14.3 Å². The number of fused-ring (bicyclic) bond motifs is 1. The first-order valence-electron chi connectivity index (χ1n) is 8.85. The SMILES string of the molecule is CC(C)OC(=O)c1ccccc1N1C(=O)[C@H]2[C@H](C1=O)[C@H]1C=C[C@H]2CC1. The average molecular weight is 339 g/mol. The minimum Gasteiger partial charge on any atom is -0.459 e. The van der Waals surface area contributed by atoms with Crippen LogP contribution < -0.4 is 4.90 Å². The van der Waals surface area contributed by atoms with Gasteiger partial charge in [-0.2, -0.15) is 0 Å². The maximum atomic E-state index is 13.1. The maximum Gasteiger partial charge on any atom is 0.340 e. The van der Waals surface area contributed by atoms with Gasteiger partial charge in [0.15, 0.2) is 0 Å². The van der Waals surface area contributed by atoms with Crippen LogP contribution in [0.3, 0.4) is 0 Å². The fourth-order valence-corrected chi connectivity index (χ4v) is 4.43. The maximum absolute atomic E-state index is 13.1. The lowest BCUT2D eigenvalue weighted by atomic mass is 9.63. The normalized spacial score (nSPS) is 30.1. The number of nitrogens with zero attached hydrogens (tertiary/aromatic N) is 1. The highest BCUT2D eigenvalue weighted by Crippen LogP contribution is 2.50. The Balaban J connectivity index is 1.73. The van der Waals surface area contributed by atoms with Gasteiger partial charge in [-0.05, 0) is 50.7 Å². The minimum absolute atomic E-state index is 0.131. The van der Waals surface area contributed by atoms with Gasteiger partial charge in [0.25, 0.3) is 0 Å². The van der Waals surface area contributed by atoms with Gasteiger partial charge in [0.05, 0.1) is 29.2 Å². The summed E-state index contributed by atoms with van der Waals surface area (Å²) < 4.78 is 5.28. The molecule has 4 atom stereocenters. The predicted octanol–water partition coefficient (Wildman–Crippen LogP) is 2.95. The molecule has 1 saturated carbocycles. The molecule has 5 rings (SSSR count). The first-order chi connectivity index (χ1) is 12.0. The molecule has 1 aromatic rings. The van der Waals surface area contributed by atoms with Crippen LogP contribution in [-0.4, -0.2) is 23.9 Å². The summed E-state index contributed by atoms with van der Waals surface area (Å²) in [7, 11) is 0. The number of esters is 1. The molecule has 2 fully saturated rings. The van der Waals surface area contributed by atoms with Crippen LogP contribution in [0.5, 0.6) is 0 Å². The van der Waals surface area contributed by atoms with E-state index in [-0.39, 0.29) is 47.2 Å². The summed E-state index contributed by atoms with van der Waals surface area (Å²) in [5.74, 6) is -1.19. The highest BCUT2D eigenvalue weighted by molar-refractivity contribution is 6.24. The molecule has 4 aliphatic rings. The van der Waals surface area contributed by atoms with Crippen molar-refractivity contribution in [3.63, 3.8) is 0 Å². The van der Waals surface area contributed by atoms with Gasteiger partial charge in [0.2, 0.25) is 11.8 Å². The number of carbonyl (C=O) groups excluding carboxylic acids is 3. The Morgan fingerprint density at radius 1 is 1.04 bits per heavy atom. The van der Waals surface area contributed by atoms with Crippen molar-refractivity contribution in [2.75, 3.05) is 4.90 Å². The Labute approximate surface area is 146 Å². The summed E-state index contributed by atoms with van der Waals surface area (Å²) in [6.45, 7) is 3.54. The Bertz CT molecular complexity index is 750. The molecule has 0 N–H and O–H groups in total. The first-order valence-corrected chi connectivity index (χ1v) is 8.85. The number of amides is 2. The van der Waals surface area contributed by atoms with Gasteiger partial charge in [0, 0.05) is 0 Å². The van der Waals surface area contributed by atoms with E-state index in [1.807, 2.05) is 0 Å². The second-order valence-electron chi connectivity index (χ2n) is 7.32. The lowest BCUT2D eigenvalue weighted by molar-refractivity contribution is -0.124. The summed E-state index contributed by atoms with van der Waals surface area (Å²) in [5, 5.41) is 0. The van der Waals surface area contributed by atoms with Crippen LogP contribution >= 0.6 is 0 Å². The third-order valence-electron chi connectivity index (χ3n) is 5.47. The topological polar surface area (TPSA) is 63.7 Å². The van der Waals surface area contributed by atoms with Crippen molar-refractivity contribution in [3.05, 3.63) is 42.0 Å². The molecule has 2 amide bonds. The number of ether oxygens (including phenoxy) is 1. The van der Waals surface area contributed by atoms with E-state index in [0.717, 1.165) is 12.8 Å². The van der Waals surface area contributed by atoms with Crippen LogP contribution in [0.2, 0.25) is 0 Å². The molecule has 1 aromatic carbocycles. The number of hydrogen-bond donors (Lipinski definition) is 0. The average Bonchev–Trinajstić information content (AvgIpc) is 2.88. The molecule has 5 heteroatoms. The Morgan fingerprint density at radius 2 is 1.60 bits per heavy atom. The van der Waals surface area contributed by atoms with Crippen molar-refractivity contribution in [1.82, 2.24) is 0 Å². The van der Waals surface area contributed by atoms with Gasteiger partial charge in [-0.1, -0.05) is 24.3 Å². The fraction of sp³-hybridized carbons (Fsp3) is 0.450. The molecule has 130 valence electrons. The zero-order valence-corrected chi connectivity index (χ0v) is 14.3. The van der Waals surface area contributed by atoms with Crippen LogP contribution in [0.1, 0.15) is 37.0 Å². The molecule has 25 heavy (non-hydrogen) atoms. The van der Waals surface area contributed by atoms with Crippen molar-refractivity contribution < 1.29 is 19.1 Å². The molecule has 1 aliphatic heterocycles. The summed E-state index contributed by atoms with van der Waals surface area (Å²) in [6.07, 6.45) is 5.80. The molecule has 5 nitrogen and oxygen atoms in total. The highest BCUT2D eigenvalue weighted by Gasteiger charge is 2.57. The van der Waals surface area contributed by atoms with E-state index < -0.39 is 5.97 Å². The lowest BCUT2D eigenvalue weighted by Gasteiger charge is -2.38.